The van der Waals surface area contributed by atoms with Gasteiger partial charge in [-0.15, -0.1) is 47.0 Å². The number of rotatable bonds is 12. The van der Waals surface area contributed by atoms with Crippen LogP contribution in [0.15, 0.2) is 25.4 Å². The third kappa shape index (κ3) is 8.85. The Morgan fingerprint density at radius 2 is 0.700 bits per heavy atom. The molecule has 2 heterocycles. The van der Waals surface area contributed by atoms with E-state index in [2.05, 4.69) is 24.3 Å². The van der Waals surface area contributed by atoms with Crippen molar-refractivity contribution < 1.29 is 0 Å². The van der Waals surface area contributed by atoms with Crippen molar-refractivity contribution in [2.45, 2.75) is 25.7 Å². The molecule has 0 bridgehead atoms. The summed E-state index contributed by atoms with van der Waals surface area (Å²) in [6.45, 7) is 0. The number of nitriles is 4. The first-order valence-electron chi connectivity index (χ1n) is 8.66. The van der Waals surface area contributed by atoms with Gasteiger partial charge in [-0.3, -0.25) is 0 Å². The number of hydrogen-bond donors (Lipinski definition) is 0. The molecule has 0 aromatic rings. The van der Waals surface area contributed by atoms with Gasteiger partial charge >= 0.3 is 0 Å². The molecule has 0 aromatic heterocycles. The second-order valence-electron chi connectivity index (χ2n) is 5.16. The second-order valence-corrected chi connectivity index (χ2v) is 15.2. The van der Waals surface area contributed by atoms with Gasteiger partial charge in [-0.25, -0.2) is 0 Å². The van der Waals surface area contributed by atoms with Crippen LogP contribution in [0.4, 0.5) is 0 Å². The zero-order valence-corrected chi connectivity index (χ0v) is 22.2. The first kappa shape index (κ1) is 26.2. The molecule has 2 aliphatic rings. The minimum Gasteiger partial charge on any atom is -0.198 e. The maximum atomic E-state index is 8.84. The fraction of sp³-hybridized carbons (Fsp3) is 0.444. The Kier molecular flexibility index (Phi) is 13.8. The fourth-order valence-electron chi connectivity index (χ4n) is 1.82. The smallest absolute Gasteiger partial charge is 0.0717 e. The number of nitrogens with zero attached hydrogens (tertiary/aromatic N) is 4. The molecule has 2 aliphatic heterocycles. The Labute approximate surface area is 211 Å². The van der Waals surface area contributed by atoms with Gasteiger partial charge in [-0.2, -0.15) is 21.0 Å². The van der Waals surface area contributed by atoms with Crippen LogP contribution in [0.25, 0.3) is 0 Å². The number of hydrogen-bond acceptors (Lipinski definition) is 12. The molecule has 0 saturated carbocycles. The van der Waals surface area contributed by atoms with Gasteiger partial charge in [0.1, 0.15) is 0 Å². The van der Waals surface area contributed by atoms with Gasteiger partial charge in [0.2, 0.25) is 0 Å². The Morgan fingerprint density at radius 3 is 0.900 bits per heavy atom. The van der Waals surface area contributed by atoms with Crippen LogP contribution in [0.5, 0.6) is 0 Å². The minimum atomic E-state index is 0.520. The van der Waals surface area contributed by atoms with Crippen molar-refractivity contribution in [1.29, 1.82) is 21.0 Å². The molecule has 4 nitrogen and oxygen atoms in total. The summed E-state index contributed by atoms with van der Waals surface area (Å²) >= 11 is 13.9. The zero-order valence-electron chi connectivity index (χ0n) is 15.7. The molecule has 0 N–H and O–H groups in total. The predicted octanol–water partition coefficient (Wildman–Crippen LogP) is 7.91. The van der Waals surface area contributed by atoms with E-state index in [1.807, 2.05) is 0 Å². The van der Waals surface area contributed by atoms with Crippen LogP contribution in [0.1, 0.15) is 25.7 Å². The molecular formula is C18H16N4S8. The molecule has 0 unspecified atom stereocenters. The summed E-state index contributed by atoms with van der Waals surface area (Å²) in [5, 5.41) is 35.4. The van der Waals surface area contributed by atoms with E-state index in [0.29, 0.717) is 25.7 Å². The molecule has 0 radical (unpaired) electrons. The lowest BCUT2D eigenvalue weighted by atomic mass is 10.6. The van der Waals surface area contributed by atoms with Crippen LogP contribution in [0, 0.1) is 45.3 Å². The van der Waals surface area contributed by atoms with E-state index in [9.17, 15) is 0 Å². The van der Waals surface area contributed by atoms with Gasteiger partial charge in [0.05, 0.1) is 49.7 Å². The largest absolute Gasteiger partial charge is 0.198 e. The molecule has 30 heavy (non-hydrogen) atoms. The summed E-state index contributed by atoms with van der Waals surface area (Å²) in [6, 6.07) is 8.79. The number of thioether (sulfide) groups is 8. The standard InChI is InChI=1S/C18H16N4S8/c19-5-1-9-23-13-14(24-10-2-6-20)28-17(27-13)18-29-15(25-11-3-7-21)16(30-18)26-12-4-8-22/h1-4,9-12H2. The summed E-state index contributed by atoms with van der Waals surface area (Å²) in [6.07, 6.45) is 2.08. The molecule has 0 spiro atoms. The van der Waals surface area contributed by atoms with E-state index in [1.54, 1.807) is 94.1 Å². The summed E-state index contributed by atoms with van der Waals surface area (Å²) in [5.41, 5.74) is 0. The lowest BCUT2D eigenvalue weighted by Gasteiger charge is -2.02. The Morgan fingerprint density at radius 1 is 0.467 bits per heavy atom. The van der Waals surface area contributed by atoms with Crippen molar-refractivity contribution in [2.24, 2.45) is 0 Å². The highest BCUT2D eigenvalue weighted by Gasteiger charge is 2.30. The van der Waals surface area contributed by atoms with Crippen LogP contribution in [-0.2, 0) is 0 Å². The zero-order chi connectivity index (χ0) is 21.6. The quantitative estimate of drug-likeness (QED) is 0.223. The highest BCUT2D eigenvalue weighted by Crippen LogP contribution is 2.66. The summed E-state index contributed by atoms with van der Waals surface area (Å²) < 4.78 is 7.41. The predicted molar refractivity (Wildman–Crippen MR) is 142 cm³/mol. The van der Waals surface area contributed by atoms with E-state index in [1.165, 1.54) is 25.4 Å². The Balaban J connectivity index is 2.09. The van der Waals surface area contributed by atoms with Crippen molar-refractivity contribution in [2.75, 3.05) is 23.0 Å². The first-order valence-corrected chi connectivity index (χ1v) is 15.9. The lowest BCUT2D eigenvalue weighted by molar-refractivity contribution is 1.24. The van der Waals surface area contributed by atoms with E-state index >= 15 is 0 Å². The van der Waals surface area contributed by atoms with Crippen LogP contribution < -0.4 is 0 Å². The molecule has 0 saturated heterocycles. The van der Waals surface area contributed by atoms with E-state index < -0.39 is 0 Å². The topological polar surface area (TPSA) is 95.2 Å². The highest BCUT2D eigenvalue weighted by atomic mass is 32.3. The van der Waals surface area contributed by atoms with Crippen LogP contribution in [-0.4, -0.2) is 23.0 Å². The first-order chi connectivity index (χ1) is 14.7. The molecule has 12 heteroatoms. The van der Waals surface area contributed by atoms with E-state index in [-0.39, 0.29) is 0 Å². The molecule has 0 fully saturated rings. The average Bonchev–Trinajstić information content (AvgIpc) is 3.33. The maximum Gasteiger partial charge on any atom is 0.0717 e. The molecule has 156 valence electrons. The summed E-state index contributed by atoms with van der Waals surface area (Å²) in [5.74, 6) is 3.08. The van der Waals surface area contributed by atoms with Crippen molar-refractivity contribution >= 4 is 94.1 Å². The van der Waals surface area contributed by atoms with Crippen molar-refractivity contribution in [3.63, 3.8) is 0 Å². The van der Waals surface area contributed by atoms with Crippen LogP contribution in [0.2, 0.25) is 0 Å². The third-order valence-corrected chi connectivity index (χ3v) is 14.6. The van der Waals surface area contributed by atoms with Gasteiger partial charge in [-0.1, -0.05) is 47.0 Å². The monoisotopic (exact) mass is 544 g/mol. The van der Waals surface area contributed by atoms with Gasteiger partial charge < -0.3 is 0 Å². The molecule has 2 rings (SSSR count). The van der Waals surface area contributed by atoms with Gasteiger partial charge in [0, 0.05) is 48.7 Å². The summed E-state index contributed by atoms with van der Waals surface area (Å²) in [7, 11) is 0. The highest BCUT2D eigenvalue weighted by molar-refractivity contribution is 8.45. The molecule has 0 aromatic carbocycles. The van der Waals surface area contributed by atoms with Crippen molar-refractivity contribution in [3.8, 4) is 24.3 Å². The average molecular weight is 545 g/mol. The SMILES string of the molecule is N#CCCSC1=C(SCCC#N)SC(=C2SC(SCCC#N)=C(SCCC#N)S2)S1. The minimum absolute atomic E-state index is 0.520. The maximum absolute atomic E-state index is 8.84. The van der Waals surface area contributed by atoms with Gasteiger partial charge in [0.25, 0.3) is 0 Å². The van der Waals surface area contributed by atoms with Crippen LogP contribution in [0.3, 0.4) is 0 Å². The van der Waals surface area contributed by atoms with Crippen molar-refractivity contribution in [3.05, 3.63) is 25.4 Å². The van der Waals surface area contributed by atoms with E-state index in [0.717, 1.165) is 23.0 Å². The van der Waals surface area contributed by atoms with E-state index in [4.69, 9.17) is 21.0 Å². The fourth-order valence-corrected chi connectivity index (χ4v) is 13.5. The second kappa shape index (κ2) is 15.7. The normalized spacial score (nSPS) is 15.9. The van der Waals surface area contributed by atoms with Gasteiger partial charge in [-0.05, 0) is 0 Å². The molecule has 0 atom stereocenters. The van der Waals surface area contributed by atoms with Crippen molar-refractivity contribution in [1.82, 2.24) is 0 Å². The molecular weight excluding hydrogens is 529 g/mol. The summed E-state index contributed by atoms with van der Waals surface area (Å²) in [4.78, 5) is 0. The van der Waals surface area contributed by atoms with Gasteiger partial charge in [0.15, 0.2) is 0 Å². The molecule has 0 amide bonds. The third-order valence-electron chi connectivity index (χ3n) is 3.03. The lowest BCUT2D eigenvalue weighted by Crippen LogP contribution is -1.79. The molecule has 0 aliphatic carbocycles. The Hall–Kier alpha value is -0.0200. The Bertz CT molecular complexity index is 742. The van der Waals surface area contributed by atoms with Crippen LogP contribution >= 0.6 is 94.1 Å².